The van der Waals surface area contributed by atoms with Gasteiger partial charge in [0.1, 0.15) is 13.2 Å². The average molecular weight is 240 g/mol. The van der Waals surface area contributed by atoms with Crippen LogP contribution in [0.1, 0.15) is 0 Å². The molecule has 0 aromatic heterocycles. The lowest BCUT2D eigenvalue weighted by molar-refractivity contribution is -0.137. The molecule has 0 fully saturated rings. The van der Waals surface area contributed by atoms with Crippen molar-refractivity contribution in [2.24, 2.45) is 0 Å². The van der Waals surface area contributed by atoms with E-state index in [0.29, 0.717) is 0 Å². The molecule has 0 aromatic carbocycles. The lowest BCUT2D eigenvalue weighted by Crippen LogP contribution is -1.98. The van der Waals surface area contributed by atoms with E-state index >= 15 is 0 Å². The first-order valence-electron chi connectivity index (χ1n) is 4.60. The number of hydrogen-bond acceptors (Lipinski definition) is 5. The fourth-order valence-electron chi connectivity index (χ4n) is 0.432. The van der Waals surface area contributed by atoms with E-state index in [-0.39, 0.29) is 13.2 Å². The summed E-state index contributed by atoms with van der Waals surface area (Å²) < 4.78 is 8.89. The number of rotatable bonds is 6. The van der Waals surface area contributed by atoms with Crippen LogP contribution in [0.25, 0.3) is 0 Å². The molecular weight excluding hydrogens is 224 g/mol. The quantitative estimate of drug-likeness (QED) is 0.331. The Hall–Kier alpha value is -2.30. The number of aliphatic hydroxyl groups excluding tert-OH is 1. The third-order valence-electron chi connectivity index (χ3n) is 1.10. The zero-order valence-electron chi connectivity index (χ0n) is 9.50. The maximum Gasteiger partial charge on any atom is 0.330 e. The van der Waals surface area contributed by atoms with Crippen LogP contribution in [0.3, 0.4) is 0 Å². The number of esters is 2. The SMILES string of the molecule is C=CC(=O)OCC=CO.C=CCOC(=O)C=C. The Labute approximate surface area is 100 Å². The maximum absolute atomic E-state index is 10.2. The largest absolute Gasteiger partial charge is 0.516 e. The van der Waals surface area contributed by atoms with Crippen LogP contribution in [0.2, 0.25) is 0 Å². The summed E-state index contributed by atoms with van der Waals surface area (Å²) in [6.07, 6.45) is 5.80. The molecule has 0 unspecified atom stereocenters. The third kappa shape index (κ3) is 16.4. The van der Waals surface area contributed by atoms with Crippen LogP contribution in [-0.2, 0) is 19.1 Å². The van der Waals surface area contributed by atoms with Gasteiger partial charge in [-0.05, 0) is 6.08 Å². The van der Waals surface area contributed by atoms with Crippen molar-refractivity contribution in [1.29, 1.82) is 0 Å². The molecule has 0 amide bonds. The summed E-state index contributed by atoms with van der Waals surface area (Å²) >= 11 is 0. The summed E-state index contributed by atoms with van der Waals surface area (Å²) in [6.45, 7) is 10.1. The van der Waals surface area contributed by atoms with Gasteiger partial charge < -0.3 is 14.6 Å². The predicted octanol–water partition coefficient (Wildman–Crippen LogP) is 1.69. The summed E-state index contributed by atoms with van der Waals surface area (Å²) in [5.41, 5.74) is 0. The van der Waals surface area contributed by atoms with E-state index < -0.39 is 11.9 Å². The van der Waals surface area contributed by atoms with Gasteiger partial charge in [0.2, 0.25) is 0 Å². The highest BCUT2D eigenvalue weighted by molar-refractivity contribution is 5.81. The van der Waals surface area contributed by atoms with Gasteiger partial charge in [-0.1, -0.05) is 25.8 Å². The van der Waals surface area contributed by atoms with E-state index in [1.807, 2.05) is 0 Å². The Morgan fingerprint density at radius 3 is 1.82 bits per heavy atom. The summed E-state index contributed by atoms with van der Waals surface area (Å²) in [5, 5.41) is 8.05. The molecule has 0 aromatic rings. The van der Waals surface area contributed by atoms with Crippen molar-refractivity contribution in [3.8, 4) is 0 Å². The zero-order valence-corrected chi connectivity index (χ0v) is 9.50. The van der Waals surface area contributed by atoms with E-state index in [4.69, 9.17) is 5.11 Å². The van der Waals surface area contributed by atoms with Gasteiger partial charge in [-0.25, -0.2) is 9.59 Å². The molecule has 0 atom stereocenters. The maximum atomic E-state index is 10.2. The lowest BCUT2D eigenvalue weighted by atomic mass is 10.6. The Balaban J connectivity index is 0. The van der Waals surface area contributed by atoms with Crippen LogP contribution in [0.4, 0.5) is 0 Å². The third-order valence-corrected chi connectivity index (χ3v) is 1.10. The highest BCUT2D eigenvalue weighted by Gasteiger charge is 1.89. The first-order chi connectivity index (χ1) is 8.12. The highest BCUT2D eigenvalue weighted by atomic mass is 16.5. The van der Waals surface area contributed by atoms with Gasteiger partial charge in [0.25, 0.3) is 0 Å². The number of ether oxygens (including phenoxy) is 2. The van der Waals surface area contributed by atoms with Gasteiger partial charge in [0.05, 0.1) is 6.26 Å². The molecule has 0 radical (unpaired) electrons. The molecular formula is C12H16O5. The summed E-state index contributed by atoms with van der Waals surface area (Å²) in [7, 11) is 0. The summed E-state index contributed by atoms with van der Waals surface area (Å²) in [5.74, 6) is -0.905. The molecule has 0 aliphatic carbocycles. The molecule has 0 saturated heterocycles. The normalized spacial score (nSPS) is 8.47. The molecule has 0 rings (SSSR count). The fraction of sp³-hybridized carbons (Fsp3) is 0.167. The minimum absolute atomic E-state index is 0.0847. The summed E-state index contributed by atoms with van der Waals surface area (Å²) in [4.78, 5) is 20.4. The number of carbonyl (C=O) groups is 2. The number of aliphatic hydroxyl groups is 1. The van der Waals surface area contributed by atoms with Crippen molar-refractivity contribution >= 4 is 11.9 Å². The van der Waals surface area contributed by atoms with E-state index in [1.54, 1.807) is 0 Å². The van der Waals surface area contributed by atoms with Gasteiger partial charge in [-0.2, -0.15) is 0 Å². The molecule has 0 bridgehead atoms. The van der Waals surface area contributed by atoms with Crippen molar-refractivity contribution in [3.05, 3.63) is 50.3 Å². The van der Waals surface area contributed by atoms with Crippen molar-refractivity contribution in [1.82, 2.24) is 0 Å². The van der Waals surface area contributed by atoms with E-state index in [0.717, 1.165) is 18.4 Å². The van der Waals surface area contributed by atoms with Crippen molar-refractivity contribution in [2.45, 2.75) is 0 Å². The summed E-state index contributed by atoms with van der Waals surface area (Å²) in [6, 6.07) is 0. The zero-order chi connectivity index (χ0) is 13.5. The minimum Gasteiger partial charge on any atom is -0.516 e. The average Bonchev–Trinajstić information content (AvgIpc) is 2.36. The van der Waals surface area contributed by atoms with E-state index in [1.165, 1.54) is 12.2 Å². The molecule has 17 heavy (non-hydrogen) atoms. The van der Waals surface area contributed by atoms with Crippen LogP contribution in [-0.4, -0.2) is 30.3 Å². The van der Waals surface area contributed by atoms with E-state index in [2.05, 4.69) is 29.2 Å². The monoisotopic (exact) mass is 240 g/mol. The molecule has 5 nitrogen and oxygen atoms in total. The molecule has 0 aliphatic heterocycles. The smallest absolute Gasteiger partial charge is 0.330 e. The fourth-order valence-corrected chi connectivity index (χ4v) is 0.432. The lowest BCUT2D eigenvalue weighted by Gasteiger charge is -1.92. The van der Waals surface area contributed by atoms with Crippen LogP contribution in [0.5, 0.6) is 0 Å². The second-order valence-corrected chi connectivity index (χ2v) is 2.34. The van der Waals surface area contributed by atoms with Crippen LogP contribution < -0.4 is 0 Å². The second-order valence-electron chi connectivity index (χ2n) is 2.34. The molecule has 94 valence electrons. The molecule has 5 heteroatoms. The minimum atomic E-state index is -0.492. The van der Waals surface area contributed by atoms with Gasteiger partial charge >= 0.3 is 11.9 Å². The van der Waals surface area contributed by atoms with Crippen molar-refractivity contribution < 1.29 is 24.2 Å². The highest BCUT2D eigenvalue weighted by Crippen LogP contribution is 1.78. The van der Waals surface area contributed by atoms with E-state index in [9.17, 15) is 9.59 Å². The van der Waals surface area contributed by atoms with Crippen LogP contribution in [0, 0.1) is 0 Å². The van der Waals surface area contributed by atoms with Crippen LogP contribution in [0.15, 0.2) is 50.3 Å². The molecule has 1 N–H and O–H groups in total. The first-order valence-corrected chi connectivity index (χ1v) is 4.60. The molecule has 0 heterocycles. The Bertz CT molecular complexity index is 291. The topological polar surface area (TPSA) is 72.8 Å². The molecule has 0 saturated carbocycles. The van der Waals surface area contributed by atoms with Crippen molar-refractivity contribution in [3.63, 3.8) is 0 Å². The molecule has 0 aliphatic rings. The standard InChI is InChI=1S/C6H8O3.C6H8O2/c1-2-6(8)9-5-3-4-7;1-3-5-8-6(7)4-2/h2-4,7H,1,5H2;3-4H,1-2,5H2. The Morgan fingerprint density at radius 1 is 1.00 bits per heavy atom. The van der Waals surface area contributed by atoms with Gasteiger partial charge in [0, 0.05) is 12.2 Å². The number of hydrogen-bond donors (Lipinski definition) is 1. The second kappa shape index (κ2) is 13.7. The van der Waals surface area contributed by atoms with Gasteiger partial charge in [-0.3, -0.25) is 0 Å². The van der Waals surface area contributed by atoms with Gasteiger partial charge in [0.15, 0.2) is 0 Å². The first kappa shape index (κ1) is 17.1. The Kier molecular flexibility index (Phi) is 13.8. The predicted molar refractivity (Wildman–Crippen MR) is 64.3 cm³/mol. The molecule has 0 spiro atoms. The van der Waals surface area contributed by atoms with Crippen LogP contribution >= 0.6 is 0 Å². The number of carbonyl (C=O) groups excluding carboxylic acids is 2. The Morgan fingerprint density at radius 2 is 1.47 bits per heavy atom. The van der Waals surface area contributed by atoms with Gasteiger partial charge in [-0.15, -0.1) is 0 Å². The van der Waals surface area contributed by atoms with Crippen molar-refractivity contribution in [2.75, 3.05) is 13.2 Å².